The number of hydrogen-bond acceptors (Lipinski definition) is 3. The molecule has 0 aliphatic rings. The van der Waals surface area contributed by atoms with Crippen LogP contribution >= 0.6 is 0 Å². The largest absolute Gasteiger partial charge is 0.293 e. The number of amides is 1. The van der Waals surface area contributed by atoms with Gasteiger partial charge < -0.3 is 0 Å². The van der Waals surface area contributed by atoms with Crippen LogP contribution in [0.4, 0.5) is 5.69 Å². The zero-order chi connectivity index (χ0) is 12.3. The summed E-state index contributed by atoms with van der Waals surface area (Å²) in [6.45, 7) is 2.50. The fraction of sp³-hybridized carbons (Fsp3) is 0.300. The minimum absolute atomic E-state index is 0.431. The number of hydrogen-bond donors (Lipinski definition) is 1. The van der Waals surface area contributed by atoms with Crippen LogP contribution in [0.25, 0.3) is 0 Å². The van der Waals surface area contributed by atoms with E-state index in [1.54, 1.807) is 30.3 Å². The Morgan fingerprint density at radius 3 is 2.19 bits per heavy atom. The first-order chi connectivity index (χ1) is 7.34. The van der Waals surface area contributed by atoms with Gasteiger partial charge in [-0.25, -0.2) is 0 Å². The third-order valence-corrected chi connectivity index (χ3v) is 3.24. The molecule has 16 heavy (non-hydrogen) atoms. The second kappa shape index (κ2) is 4.63. The normalized spacial score (nSPS) is 13.2. The second-order valence-electron chi connectivity index (χ2n) is 3.34. The molecule has 88 valence electrons. The van der Waals surface area contributed by atoms with Gasteiger partial charge in [-0.05, 0) is 19.1 Å². The maximum Gasteiger partial charge on any atom is 0.286 e. The van der Waals surface area contributed by atoms with Crippen molar-refractivity contribution in [2.75, 3.05) is 4.90 Å². The van der Waals surface area contributed by atoms with E-state index in [4.69, 9.17) is 4.55 Å². The zero-order valence-electron chi connectivity index (χ0n) is 8.99. The van der Waals surface area contributed by atoms with Gasteiger partial charge in [0.25, 0.3) is 10.1 Å². The maximum absolute atomic E-state index is 11.4. The van der Waals surface area contributed by atoms with Gasteiger partial charge in [-0.1, -0.05) is 18.2 Å². The molecule has 5 nitrogen and oxygen atoms in total. The van der Waals surface area contributed by atoms with E-state index in [-0.39, 0.29) is 0 Å². The van der Waals surface area contributed by atoms with Gasteiger partial charge >= 0.3 is 0 Å². The predicted molar refractivity (Wildman–Crippen MR) is 60.6 cm³/mol. The molecule has 1 atom stereocenters. The Morgan fingerprint density at radius 2 is 1.81 bits per heavy atom. The van der Waals surface area contributed by atoms with Crippen LogP contribution < -0.4 is 4.90 Å². The molecule has 1 rings (SSSR count). The Hall–Kier alpha value is -1.40. The monoisotopic (exact) mass is 243 g/mol. The number of rotatable bonds is 3. The maximum atomic E-state index is 11.4. The highest BCUT2D eigenvalue weighted by molar-refractivity contribution is 7.86. The first kappa shape index (κ1) is 12.7. The summed E-state index contributed by atoms with van der Waals surface area (Å²) in [7, 11) is -4.29. The number of carbonyl (C=O) groups excluding carboxylic acids is 1. The molecule has 0 fully saturated rings. The van der Waals surface area contributed by atoms with Crippen LogP contribution in [0, 0.1) is 0 Å². The van der Waals surface area contributed by atoms with E-state index < -0.39 is 21.4 Å². The standard InChI is InChI=1S/C10H13NO4S/c1-8(12)11(9(2)16(13,14)15)10-6-4-3-5-7-10/h3-7,9H,1-2H3,(H,13,14,15). The van der Waals surface area contributed by atoms with Crippen molar-refractivity contribution in [2.24, 2.45) is 0 Å². The molecule has 6 heteroatoms. The molecule has 1 aromatic rings. The Morgan fingerprint density at radius 1 is 1.31 bits per heavy atom. The van der Waals surface area contributed by atoms with E-state index in [1.807, 2.05) is 0 Å². The number of benzene rings is 1. The lowest BCUT2D eigenvalue weighted by Crippen LogP contribution is -2.42. The van der Waals surface area contributed by atoms with E-state index in [2.05, 4.69) is 0 Å². The van der Waals surface area contributed by atoms with Crippen molar-refractivity contribution in [3.05, 3.63) is 30.3 Å². The molecule has 0 bridgehead atoms. The van der Waals surface area contributed by atoms with Gasteiger partial charge in [-0.3, -0.25) is 14.2 Å². The highest BCUT2D eigenvalue weighted by Gasteiger charge is 2.28. The minimum Gasteiger partial charge on any atom is -0.293 e. The SMILES string of the molecule is CC(=O)N(c1ccccc1)C(C)S(=O)(=O)O. The van der Waals surface area contributed by atoms with Crippen LogP contribution in [-0.2, 0) is 14.9 Å². The van der Waals surface area contributed by atoms with Crippen LogP contribution in [0.2, 0.25) is 0 Å². The average Bonchev–Trinajstić information content (AvgIpc) is 2.17. The molecule has 1 N–H and O–H groups in total. The fourth-order valence-corrected chi connectivity index (χ4v) is 1.91. The third-order valence-electron chi connectivity index (χ3n) is 2.17. The van der Waals surface area contributed by atoms with Crippen molar-refractivity contribution in [3.63, 3.8) is 0 Å². The van der Waals surface area contributed by atoms with E-state index in [0.29, 0.717) is 5.69 Å². The van der Waals surface area contributed by atoms with E-state index in [1.165, 1.54) is 13.8 Å². The van der Waals surface area contributed by atoms with Crippen LogP contribution in [0.1, 0.15) is 13.8 Å². The van der Waals surface area contributed by atoms with E-state index in [0.717, 1.165) is 4.90 Å². The first-order valence-corrected chi connectivity index (χ1v) is 6.15. The van der Waals surface area contributed by atoms with Crippen LogP contribution in [0.5, 0.6) is 0 Å². The fourth-order valence-electron chi connectivity index (χ4n) is 1.37. The van der Waals surface area contributed by atoms with Gasteiger partial charge in [0.05, 0.1) is 0 Å². The van der Waals surface area contributed by atoms with Crippen molar-refractivity contribution in [1.82, 2.24) is 0 Å². The van der Waals surface area contributed by atoms with Gasteiger partial charge in [0, 0.05) is 12.6 Å². The van der Waals surface area contributed by atoms with E-state index >= 15 is 0 Å². The molecule has 0 aliphatic carbocycles. The molecule has 1 unspecified atom stereocenters. The average molecular weight is 243 g/mol. The summed E-state index contributed by atoms with van der Waals surface area (Å²) in [6, 6.07) is 8.32. The van der Waals surface area contributed by atoms with Crippen molar-refractivity contribution in [3.8, 4) is 0 Å². The quantitative estimate of drug-likeness (QED) is 0.811. The molecule has 0 saturated carbocycles. The molecule has 0 saturated heterocycles. The molecule has 0 aromatic heterocycles. The topological polar surface area (TPSA) is 74.7 Å². The Bertz CT molecular complexity index is 469. The zero-order valence-corrected chi connectivity index (χ0v) is 9.81. The Balaban J connectivity index is 3.17. The molecule has 0 heterocycles. The lowest BCUT2D eigenvalue weighted by Gasteiger charge is -2.25. The second-order valence-corrected chi connectivity index (χ2v) is 5.05. The third kappa shape index (κ3) is 2.80. The van der Waals surface area contributed by atoms with Crippen LogP contribution in [0.3, 0.4) is 0 Å². The summed E-state index contributed by atoms with van der Waals surface area (Å²) in [6.07, 6.45) is 0. The summed E-state index contributed by atoms with van der Waals surface area (Å²) in [4.78, 5) is 12.4. The van der Waals surface area contributed by atoms with Gasteiger partial charge in [0.1, 0.15) is 0 Å². The molecule has 1 aromatic carbocycles. The highest BCUT2D eigenvalue weighted by atomic mass is 32.2. The summed E-state index contributed by atoms with van der Waals surface area (Å²) < 4.78 is 31.0. The van der Waals surface area contributed by atoms with Gasteiger partial charge in [0.2, 0.25) is 5.91 Å². The Kier molecular flexibility index (Phi) is 3.66. The number of anilines is 1. The summed E-state index contributed by atoms with van der Waals surface area (Å²) in [5, 5.41) is -1.30. The highest BCUT2D eigenvalue weighted by Crippen LogP contribution is 2.18. The molecule has 0 spiro atoms. The molecule has 0 aliphatic heterocycles. The number of carbonyl (C=O) groups is 1. The molecule has 1 amide bonds. The summed E-state index contributed by atoms with van der Waals surface area (Å²) >= 11 is 0. The smallest absolute Gasteiger partial charge is 0.286 e. The lowest BCUT2D eigenvalue weighted by atomic mass is 10.3. The number of para-hydroxylation sites is 1. The van der Waals surface area contributed by atoms with Crippen molar-refractivity contribution < 1.29 is 17.8 Å². The number of nitrogens with zero attached hydrogens (tertiary/aromatic N) is 1. The minimum atomic E-state index is -4.29. The summed E-state index contributed by atoms with van der Waals surface area (Å²) in [5.74, 6) is -0.448. The lowest BCUT2D eigenvalue weighted by molar-refractivity contribution is -0.116. The van der Waals surface area contributed by atoms with Crippen molar-refractivity contribution >= 4 is 21.7 Å². The Labute approximate surface area is 94.4 Å². The summed E-state index contributed by atoms with van der Waals surface area (Å²) in [5.41, 5.74) is 0.431. The van der Waals surface area contributed by atoms with Crippen molar-refractivity contribution in [2.45, 2.75) is 19.2 Å². The predicted octanol–water partition coefficient (Wildman–Crippen LogP) is 1.27. The molecular weight excluding hydrogens is 230 g/mol. The van der Waals surface area contributed by atoms with Gasteiger partial charge in [-0.2, -0.15) is 8.42 Å². The molecule has 0 radical (unpaired) electrons. The van der Waals surface area contributed by atoms with E-state index in [9.17, 15) is 13.2 Å². The first-order valence-electron chi connectivity index (χ1n) is 4.65. The van der Waals surface area contributed by atoms with Crippen molar-refractivity contribution in [1.29, 1.82) is 0 Å². The van der Waals surface area contributed by atoms with Gasteiger partial charge in [-0.15, -0.1) is 0 Å². The molecular formula is C10H13NO4S. The van der Waals surface area contributed by atoms with Gasteiger partial charge in [0.15, 0.2) is 5.37 Å². The van der Waals surface area contributed by atoms with Crippen LogP contribution in [0.15, 0.2) is 30.3 Å². The van der Waals surface area contributed by atoms with Crippen LogP contribution in [-0.4, -0.2) is 24.3 Å².